The smallest absolute Gasteiger partial charge is 0.232 e. The number of ether oxygens (including phenoxy) is 3. The summed E-state index contributed by atoms with van der Waals surface area (Å²) in [5.41, 5.74) is 0. The molecule has 21 heavy (non-hydrogen) atoms. The minimum absolute atomic E-state index is 0.233. The van der Waals surface area contributed by atoms with Crippen LogP contribution >= 0.6 is 0 Å². The number of nitrogens with zero attached hydrogens (tertiary/aromatic N) is 3. The Hall–Kier alpha value is -1.60. The molecule has 0 bridgehead atoms. The summed E-state index contributed by atoms with van der Waals surface area (Å²) in [6.45, 7) is 3.02. The van der Waals surface area contributed by atoms with Gasteiger partial charge in [0.2, 0.25) is 17.7 Å². The summed E-state index contributed by atoms with van der Waals surface area (Å²) in [5.74, 6) is 1.66. The molecule has 0 amide bonds. The summed E-state index contributed by atoms with van der Waals surface area (Å²) >= 11 is 0. The number of rotatable bonds is 6. The second kappa shape index (κ2) is 6.44. The maximum absolute atomic E-state index is 5.60. The SMILES string of the molecule is COc1cc(OC)nc(N2CCOCC2CNC2CC2)n1. The highest BCUT2D eigenvalue weighted by molar-refractivity contribution is 5.38. The molecule has 1 saturated heterocycles. The average Bonchev–Trinajstić information content (AvgIpc) is 3.37. The summed E-state index contributed by atoms with van der Waals surface area (Å²) in [5, 5.41) is 3.54. The quantitative estimate of drug-likeness (QED) is 0.817. The van der Waals surface area contributed by atoms with Crippen LogP contribution in [0.3, 0.4) is 0 Å². The normalized spacial score (nSPS) is 22.2. The summed E-state index contributed by atoms with van der Waals surface area (Å²) in [7, 11) is 3.19. The van der Waals surface area contributed by atoms with E-state index in [1.54, 1.807) is 20.3 Å². The molecule has 7 nitrogen and oxygen atoms in total. The first kappa shape index (κ1) is 14.3. The lowest BCUT2D eigenvalue weighted by molar-refractivity contribution is 0.0926. The van der Waals surface area contributed by atoms with Crippen LogP contribution in [-0.2, 0) is 4.74 Å². The van der Waals surface area contributed by atoms with Gasteiger partial charge < -0.3 is 24.4 Å². The van der Waals surface area contributed by atoms with Gasteiger partial charge in [0.1, 0.15) is 0 Å². The van der Waals surface area contributed by atoms with Gasteiger partial charge in [-0.3, -0.25) is 0 Å². The van der Waals surface area contributed by atoms with Crippen LogP contribution in [0.25, 0.3) is 0 Å². The Morgan fingerprint density at radius 1 is 1.29 bits per heavy atom. The van der Waals surface area contributed by atoms with E-state index in [0.29, 0.717) is 37.0 Å². The largest absolute Gasteiger partial charge is 0.481 e. The molecule has 1 aliphatic heterocycles. The van der Waals surface area contributed by atoms with Gasteiger partial charge in [-0.1, -0.05) is 0 Å². The third-order valence-corrected chi connectivity index (χ3v) is 3.79. The van der Waals surface area contributed by atoms with E-state index in [1.165, 1.54) is 12.8 Å². The Kier molecular flexibility index (Phi) is 4.40. The number of aromatic nitrogens is 2. The second-order valence-electron chi connectivity index (χ2n) is 5.36. The Bertz CT molecular complexity index is 459. The zero-order valence-corrected chi connectivity index (χ0v) is 12.5. The molecule has 2 aliphatic rings. The zero-order valence-electron chi connectivity index (χ0n) is 12.5. The minimum Gasteiger partial charge on any atom is -0.481 e. The van der Waals surface area contributed by atoms with Gasteiger partial charge in [-0.15, -0.1) is 0 Å². The Morgan fingerprint density at radius 2 is 2.00 bits per heavy atom. The molecule has 2 heterocycles. The average molecular weight is 294 g/mol. The van der Waals surface area contributed by atoms with Gasteiger partial charge >= 0.3 is 0 Å². The van der Waals surface area contributed by atoms with Crippen molar-refractivity contribution in [2.24, 2.45) is 0 Å². The summed E-state index contributed by atoms with van der Waals surface area (Å²) in [4.78, 5) is 11.1. The standard InChI is InChI=1S/C14H22N4O3/c1-19-12-7-13(20-2)17-14(16-12)18-5-6-21-9-11(18)8-15-10-3-4-10/h7,10-11,15H,3-6,8-9H2,1-2H3. The number of morpholine rings is 1. The molecule has 1 aromatic heterocycles. The van der Waals surface area contributed by atoms with Crippen molar-refractivity contribution < 1.29 is 14.2 Å². The number of hydrogen-bond donors (Lipinski definition) is 1. The fourth-order valence-electron chi connectivity index (χ4n) is 2.41. The van der Waals surface area contributed by atoms with Crippen molar-refractivity contribution in [2.75, 3.05) is 45.4 Å². The molecular weight excluding hydrogens is 272 g/mol. The molecule has 0 aromatic carbocycles. The lowest BCUT2D eigenvalue weighted by Crippen LogP contribution is -2.51. The Labute approximate surface area is 124 Å². The maximum atomic E-state index is 5.60. The van der Waals surface area contributed by atoms with Gasteiger partial charge in [-0.05, 0) is 12.8 Å². The van der Waals surface area contributed by atoms with Gasteiger partial charge in [-0.2, -0.15) is 9.97 Å². The number of nitrogens with one attached hydrogen (secondary N) is 1. The Morgan fingerprint density at radius 3 is 2.62 bits per heavy atom. The number of anilines is 1. The minimum atomic E-state index is 0.233. The van der Waals surface area contributed by atoms with Gasteiger partial charge in [0.25, 0.3) is 0 Å². The van der Waals surface area contributed by atoms with Crippen molar-refractivity contribution in [3.05, 3.63) is 6.07 Å². The molecule has 1 saturated carbocycles. The molecule has 0 radical (unpaired) electrons. The first-order valence-electron chi connectivity index (χ1n) is 7.35. The van der Waals surface area contributed by atoms with Crippen LogP contribution in [0.2, 0.25) is 0 Å². The lowest BCUT2D eigenvalue weighted by atomic mass is 10.2. The molecule has 0 spiro atoms. The predicted molar refractivity (Wildman–Crippen MR) is 78.1 cm³/mol. The summed E-state index contributed by atoms with van der Waals surface area (Å²) in [6.07, 6.45) is 2.55. The van der Waals surface area contributed by atoms with Crippen molar-refractivity contribution in [2.45, 2.75) is 24.9 Å². The lowest BCUT2D eigenvalue weighted by Gasteiger charge is -2.35. The van der Waals surface area contributed by atoms with Crippen LogP contribution in [0.1, 0.15) is 12.8 Å². The molecule has 2 fully saturated rings. The molecule has 1 atom stereocenters. The molecule has 1 aromatic rings. The van der Waals surface area contributed by atoms with Gasteiger partial charge in [-0.25, -0.2) is 0 Å². The third-order valence-electron chi connectivity index (χ3n) is 3.79. The van der Waals surface area contributed by atoms with E-state index in [4.69, 9.17) is 14.2 Å². The third kappa shape index (κ3) is 3.54. The van der Waals surface area contributed by atoms with Gasteiger partial charge in [0.15, 0.2) is 0 Å². The number of hydrogen-bond acceptors (Lipinski definition) is 7. The van der Waals surface area contributed by atoms with Gasteiger partial charge in [0, 0.05) is 19.1 Å². The molecule has 7 heteroatoms. The van der Waals surface area contributed by atoms with E-state index in [0.717, 1.165) is 13.1 Å². The monoisotopic (exact) mass is 294 g/mol. The zero-order chi connectivity index (χ0) is 14.7. The van der Waals surface area contributed by atoms with Crippen molar-refractivity contribution in [1.29, 1.82) is 0 Å². The van der Waals surface area contributed by atoms with Gasteiger partial charge in [0.05, 0.1) is 39.5 Å². The topological polar surface area (TPSA) is 68.7 Å². The highest BCUT2D eigenvalue weighted by Crippen LogP contribution is 2.24. The van der Waals surface area contributed by atoms with Crippen LogP contribution < -0.4 is 19.7 Å². The predicted octanol–water partition coefficient (Wildman–Crippen LogP) is 0.451. The van der Waals surface area contributed by atoms with Crippen molar-refractivity contribution >= 4 is 5.95 Å². The van der Waals surface area contributed by atoms with Crippen LogP contribution in [-0.4, -0.2) is 62.6 Å². The van der Waals surface area contributed by atoms with Crippen molar-refractivity contribution in [1.82, 2.24) is 15.3 Å². The van der Waals surface area contributed by atoms with Crippen molar-refractivity contribution in [3.63, 3.8) is 0 Å². The van der Waals surface area contributed by atoms with E-state index in [-0.39, 0.29) is 6.04 Å². The van der Waals surface area contributed by atoms with E-state index in [9.17, 15) is 0 Å². The molecular formula is C14H22N4O3. The fraction of sp³-hybridized carbons (Fsp3) is 0.714. The van der Waals surface area contributed by atoms with E-state index in [1.807, 2.05) is 0 Å². The highest BCUT2D eigenvalue weighted by atomic mass is 16.5. The molecule has 1 aliphatic carbocycles. The van der Waals surface area contributed by atoms with E-state index in [2.05, 4.69) is 20.2 Å². The first-order valence-corrected chi connectivity index (χ1v) is 7.35. The Balaban J connectivity index is 1.77. The molecule has 116 valence electrons. The summed E-state index contributed by atoms with van der Waals surface area (Å²) < 4.78 is 16.1. The van der Waals surface area contributed by atoms with Crippen LogP contribution in [0.5, 0.6) is 11.8 Å². The number of methoxy groups -OCH3 is 2. The first-order chi connectivity index (χ1) is 10.3. The second-order valence-corrected chi connectivity index (χ2v) is 5.36. The van der Waals surface area contributed by atoms with Crippen LogP contribution in [0.15, 0.2) is 6.07 Å². The highest BCUT2D eigenvalue weighted by Gasteiger charge is 2.29. The summed E-state index contributed by atoms with van der Waals surface area (Å²) in [6, 6.07) is 2.59. The van der Waals surface area contributed by atoms with E-state index >= 15 is 0 Å². The van der Waals surface area contributed by atoms with E-state index < -0.39 is 0 Å². The molecule has 1 unspecified atom stereocenters. The maximum Gasteiger partial charge on any atom is 0.232 e. The van der Waals surface area contributed by atoms with Crippen LogP contribution in [0.4, 0.5) is 5.95 Å². The molecule has 3 rings (SSSR count). The van der Waals surface area contributed by atoms with Crippen LogP contribution in [0, 0.1) is 0 Å². The fourth-order valence-corrected chi connectivity index (χ4v) is 2.41. The van der Waals surface area contributed by atoms with Crippen molar-refractivity contribution in [3.8, 4) is 11.8 Å². The molecule has 1 N–H and O–H groups in total.